The Morgan fingerprint density at radius 3 is 2.59 bits per heavy atom. The van der Waals surface area contributed by atoms with Crippen molar-refractivity contribution >= 4 is 35.8 Å². The van der Waals surface area contributed by atoms with E-state index >= 15 is 0 Å². The van der Waals surface area contributed by atoms with Crippen molar-refractivity contribution in [2.45, 2.75) is 46.3 Å². The number of halogens is 3. The zero-order chi connectivity index (χ0) is 20.6. The van der Waals surface area contributed by atoms with Gasteiger partial charge in [0.1, 0.15) is 22.6 Å². The monoisotopic (exact) mass is 419 g/mol. The van der Waals surface area contributed by atoms with Gasteiger partial charge in [0.2, 0.25) is 5.88 Å². The summed E-state index contributed by atoms with van der Waals surface area (Å²) in [5, 5.41) is 4.99. The van der Waals surface area contributed by atoms with Crippen LogP contribution in [0.4, 0.5) is 4.39 Å². The molecule has 1 aromatic rings. The van der Waals surface area contributed by atoms with Gasteiger partial charge in [-0.3, -0.25) is 9.18 Å². The fourth-order valence-corrected chi connectivity index (χ4v) is 2.28. The van der Waals surface area contributed by atoms with Crippen LogP contribution in [0.15, 0.2) is 28.0 Å². The Morgan fingerprint density at radius 1 is 1.41 bits per heavy atom. The van der Waals surface area contributed by atoms with E-state index in [4.69, 9.17) is 32.7 Å². The third-order valence-electron chi connectivity index (χ3n) is 3.34. The molecule has 0 saturated heterocycles. The van der Waals surface area contributed by atoms with Crippen molar-refractivity contribution in [2.24, 2.45) is 5.10 Å². The Balaban J connectivity index is 2.80. The van der Waals surface area contributed by atoms with Gasteiger partial charge < -0.3 is 9.47 Å². The van der Waals surface area contributed by atoms with Crippen molar-refractivity contribution < 1.29 is 18.7 Å². The van der Waals surface area contributed by atoms with Gasteiger partial charge in [0.05, 0.1) is 18.8 Å². The van der Waals surface area contributed by atoms with Gasteiger partial charge in [-0.05, 0) is 33.8 Å². The molecule has 0 fully saturated rings. The van der Waals surface area contributed by atoms with E-state index in [1.54, 1.807) is 19.1 Å². The number of carbonyl (C=O) groups excluding carboxylic acids is 1. The van der Waals surface area contributed by atoms with E-state index in [1.807, 2.05) is 20.8 Å². The molecule has 0 saturated carbocycles. The first-order valence-corrected chi connectivity index (χ1v) is 9.02. The second kappa shape index (κ2) is 10.5. The molecular formula is C18H24Cl2FN3O3. The van der Waals surface area contributed by atoms with Crippen molar-refractivity contribution in [3.05, 3.63) is 33.6 Å². The maximum absolute atomic E-state index is 12.5. The van der Waals surface area contributed by atoms with Crippen LogP contribution in [-0.4, -0.2) is 41.4 Å². The minimum Gasteiger partial charge on any atom is -0.492 e. The standard InChI is InChI=1S/C18H24Cl2FN3O3/c1-12(15(19)17(25)24(22-5)18(2,3)4)27-11-13-7-8-14(23-16(13)20)26-10-6-9-21/h7-8H,5-6,9-11H2,1-4H3/b15-12-. The molecule has 1 heterocycles. The molecule has 0 radical (unpaired) electrons. The van der Waals surface area contributed by atoms with Gasteiger partial charge >= 0.3 is 0 Å². The summed E-state index contributed by atoms with van der Waals surface area (Å²) >= 11 is 12.2. The zero-order valence-corrected chi connectivity index (χ0v) is 17.4. The molecule has 0 unspecified atom stereocenters. The number of carbonyl (C=O) groups is 1. The molecule has 0 aliphatic carbocycles. The van der Waals surface area contributed by atoms with Gasteiger partial charge in [-0.1, -0.05) is 23.2 Å². The molecule has 1 rings (SSSR count). The molecule has 150 valence electrons. The lowest BCUT2D eigenvalue weighted by Gasteiger charge is -2.30. The van der Waals surface area contributed by atoms with Crippen LogP contribution < -0.4 is 4.74 Å². The number of allylic oxidation sites excluding steroid dienone is 1. The second-order valence-corrected chi connectivity index (χ2v) is 7.31. The Bertz CT molecular complexity index is 706. The fourth-order valence-electron chi connectivity index (χ4n) is 1.94. The maximum Gasteiger partial charge on any atom is 0.289 e. The number of alkyl halides is 1. The normalized spacial score (nSPS) is 12.3. The number of pyridine rings is 1. The highest BCUT2D eigenvalue weighted by Crippen LogP contribution is 2.24. The van der Waals surface area contributed by atoms with E-state index in [9.17, 15) is 9.18 Å². The van der Waals surface area contributed by atoms with Crippen LogP contribution in [0.1, 0.15) is 39.7 Å². The summed E-state index contributed by atoms with van der Waals surface area (Å²) < 4.78 is 22.9. The van der Waals surface area contributed by atoms with Gasteiger partial charge in [-0.25, -0.2) is 9.99 Å². The summed E-state index contributed by atoms with van der Waals surface area (Å²) in [4.78, 5) is 16.5. The van der Waals surface area contributed by atoms with E-state index in [0.29, 0.717) is 11.4 Å². The smallest absolute Gasteiger partial charge is 0.289 e. The molecule has 0 aliphatic heterocycles. The lowest BCUT2D eigenvalue weighted by Crippen LogP contribution is -2.41. The number of aromatic nitrogens is 1. The van der Waals surface area contributed by atoms with E-state index < -0.39 is 18.1 Å². The van der Waals surface area contributed by atoms with Crippen molar-refractivity contribution in [3.63, 3.8) is 0 Å². The van der Waals surface area contributed by atoms with E-state index in [-0.39, 0.29) is 35.6 Å². The van der Waals surface area contributed by atoms with Gasteiger partial charge in [0, 0.05) is 24.8 Å². The van der Waals surface area contributed by atoms with Crippen molar-refractivity contribution in [2.75, 3.05) is 13.3 Å². The molecule has 0 spiro atoms. The van der Waals surface area contributed by atoms with Crippen LogP contribution in [-0.2, 0) is 16.1 Å². The molecule has 0 atom stereocenters. The first kappa shape index (κ1) is 23.2. The van der Waals surface area contributed by atoms with E-state index in [2.05, 4.69) is 16.8 Å². The number of hydrogen-bond donors (Lipinski definition) is 0. The quantitative estimate of drug-likeness (QED) is 0.145. The van der Waals surface area contributed by atoms with Crippen molar-refractivity contribution in [1.29, 1.82) is 0 Å². The highest BCUT2D eigenvalue weighted by Gasteiger charge is 2.29. The first-order valence-electron chi connectivity index (χ1n) is 8.26. The number of nitrogens with zero attached hydrogens (tertiary/aromatic N) is 3. The topological polar surface area (TPSA) is 64.0 Å². The van der Waals surface area contributed by atoms with E-state index in [0.717, 1.165) is 0 Å². The van der Waals surface area contributed by atoms with Gasteiger partial charge in [0.25, 0.3) is 5.91 Å². The predicted octanol–water partition coefficient (Wildman–Crippen LogP) is 4.70. The molecule has 6 nitrogen and oxygen atoms in total. The van der Waals surface area contributed by atoms with Gasteiger partial charge in [-0.15, -0.1) is 0 Å². The molecule has 1 amide bonds. The van der Waals surface area contributed by atoms with Gasteiger partial charge in [0.15, 0.2) is 0 Å². The van der Waals surface area contributed by atoms with Crippen molar-refractivity contribution in [3.8, 4) is 5.88 Å². The highest BCUT2D eigenvalue weighted by atomic mass is 35.5. The third kappa shape index (κ3) is 6.99. The Morgan fingerprint density at radius 2 is 2.07 bits per heavy atom. The maximum atomic E-state index is 12.5. The van der Waals surface area contributed by atoms with Gasteiger partial charge in [-0.2, -0.15) is 5.10 Å². The van der Waals surface area contributed by atoms with Crippen LogP contribution in [0.2, 0.25) is 5.15 Å². The Labute approximate surface area is 168 Å². The zero-order valence-electron chi connectivity index (χ0n) is 15.9. The average molecular weight is 420 g/mol. The molecule has 0 aliphatic rings. The molecule has 9 heteroatoms. The summed E-state index contributed by atoms with van der Waals surface area (Å²) in [7, 11) is 0. The van der Waals surface area contributed by atoms with Crippen LogP contribution in [0.3, 0.4) is 0 Å². The van der Waals surface area contributed by atoms with Crippen LogP contribution in [0.25, 0.3) is 0 Å². The van der Waals surface area contributed by atoms with Crippen LogP contribution in [0, 0.1) is 0 Å². The predicted molar refractivity (Wildman–Crippen MR) is 105 cm³/mol. The number of rotatable bonds is 9. The minimum absolute atomic E-state index is 0.0585. The third-order valence-corrected chi connectivity index (χ3v) is 4.09. The second-order valence-electron chi connectivity index (χ2n) is 6.58. The largest absolute Gasteiger partial charge is 0.492 e. The molecule has 27 heavy (non-hydrogen) atoms. The Kier molecular flexibility index (Phi) is 8.99. The lowest BCUT2D eigenvalue weighted by molar-refractivity contribution is -0.131. The summed E-state index contributed by atoms with van der Waals surface area (Å²) in [5.74, 6) is 0.00644. The number of hydrogen-bond acceptors (Lipinski definition) is 5. The highest BCUT2D eigenvalue weighted by molar-refractivity contribution is 6.42. The molecular weight excluding hydrogens is 396 g/mol. The molecule has 1 aromatic heterocycles. The fraction of sp³-hybridized carbons (Fsp3) is 0.500. The molecule has 0 aromatic carbocycles. The summed E-state index contributed by atoms with van der Waals surface area (Å²) in [6.45, 7) is 10.2. The van der Waals surface area contributed by atoms with Crippen LogP contribution >= 0.6 is 23.2 Å². The van der Waals surface area contributed by atoms with Crippen LogP contribution in [0.5, 0.6) is 5.88 Å². The van der Waals surface area contributed by atoms with Crippen molar-refractivity contribution in [1.82, 2.24) is 9.99 Å². The number of amides is 1. The molecule has 0 N–H and O–H groups in total. The summed E-state index contributed by atoms with van der Waals surface area (Å²) in [5.41, 5.74) is 0.00470. The Hall–Kier alpha value is -1.86. The van der Waals surface area contributed by atoms with E-state index in [1.165, 1.54) is 5.01 Å². The number of ether oxygens (including phenoxy) is 2. The SMILES string of the molecule is C=NN(C(=O)/C(Cl)=C(\C)OCc1ccc(OCCCF)nc1Cl)C(C)(C)C. The lowest BCUT2D eigenvalue weighted by atomic mass is 10.1. The average Bonchev–Trinajstić information content (AvgIpc) is 2.59. The number of hydrazone groups is 1. The summed E-state index contributed by atoms with van der Waals surface area (Å²) in [6.07, 6.45) is 0.284. The summed E-state index contributed by atoms with van der Waals surface area (Å²) in [6, 6.07) is 3.29. The molecule has 0 bridgehead atoms. The minimum atomic E-state index is -0.579. The first-order chi connectivity index (χ1) is 12.6.